The minimum absolute atomic E-state index is 0.712. The largest absolute Gasteiger partial charge is 0.314 e. The highest BCUT2D eigenvalue weighted by Crippen LogP contribution is 2.44. The highest BCUT2D eigenvalue weighted by atomic mass is 15.1. The fourth-order valence-corrected chi connectivity index (χ4v) is 4.41. The molecule has 2 aliphatic carbocycles. The molecule has 1 saturated carbocycles. The van der Waals surface area contributed by atoms with Crippen LogP contribution in [0.2, 0.25) is 0 Å². The second kappa shape index (κ2) is 5.97. The summed E-state index contributed by atoms with van der Waals surface area (Å²) in [5, 5.41) is 3.86. The van der Waals surface area contributed by atoms with Gasteiger partial charge < -0.3 is 10.2 Å². The van der Waals surface area contributed by atoms with E-state index in [0.717, 1.165) is 23.7 Å². The van der Waals surface area contributed by atoms with Gasteiger partial charge in [0.25, 0.3) is 0 Å². The Morgan fingerprint density at radius 1 is 1.21 bits per heavy atom. The van der Waals surface area contributed by atoms with E-state index in [4.69, 9.17) is 0 Å². The number of piperidine rings is 1. The average molecular weight is 262 g/mol. The van der Waals surface area contributed by atoms with Crippen molar-refractivity contribution in [3.05, 3.63) is 12.2 Å². The molecule has 108 valence electrons. The molecule has 0 aromatic heterocycles. The van der Waals surface area contributed by atoms with Crippen molar-refractivity contribution in [3.63, 3.8) is 0 Å². The summed E-state index contributed by atoms with van der Waals surface area (Å²) in [5.74, 6) is 3.62. The van der Waals surface area contributed by atoms with E-state index in [1.54, 1.807) is 0 Å². The number of likely N-dealkylation sites (tertiary alicyclic amines) is 1. The lowest BCUT2D eigenvalue weighted by molar-refractivity contribution is 0.183. The van der Waals surface area contributed by atoms with Crippen molar-refractivity contribution >= 4 is 0 Å². The summed E-state index contributed by atoms with van der Waals surface area (Å²) in [6.45, 7) is 9.80. The summed E-state index contributed by atoms with van der Waals surface area (Å²) in [5.41, 5.74) is 0. The smallest absolute Gasteiger partial charge is 0.00729 e. The fourth-order valence-electron chi connectivity index (χ4n) is 4.41. The minimum Gasteiger partial charge on any atom is -0.314 e. The Morgan fingerprint density at radius 3 is 2.58 bits per heavy atom. The monoisotopic (exact) mass is 262 g/mol. The summed E-state index contributed by atoms with van der Waals surface area (Å²) in [6.07, 6.45) is 10.6. The summed E-state index contributed by atoms with van der Waals surface area (Å²) >= 11 is 0. The van der Waals surface area contributed by atoms with Gasteiger partial charge in [-0.2, -0.15) is 0 Å². The Kier molecular flexibility index (Phi) is 4.28. The molecule has 19 heavy (non-hydrogen) atoms. The van der Waals surface area contributed by atoms with Crippen LogP contribution in [0.1, 0.15) is 39.5 Å². The van der Waals surface area contributed by atoms with Crippen molar-refractivity contribution < 1.29 is 0 Å². The second-order valence-electron chi connectivity index (χ2n) is 7.02. The first-order valence-corrected chi connectivity index (χ1v) is 8.40. The van der Waals surface area contributed by atoms with E-state index < -0.39 is 0 Å². The van der Waals surface area contributed by atoms with Crippen LogP contribution >= 0.6 is 0 Å². The molecule has 2 nitrogen and oxygen atoms in total. The zero-order valence-corrected chi connectivity index (χ0v) is 12.6. The SMILES string of the molecule is CCN1CCC(CNC(C)C2CC3C=CC2C3)CC1. The summed E-state index contributed by atoms with van der Waals surface area (Å²) in [6, 6.07) is 0.712. The minimum atomic E-state index is 0.712. The summed E-state index contributed by atoms with van der Waals surface area (Å²) in [4.78, 5) is 2.58. The molecule has 4 unspecified atom stereocenters. The highest BCUT2D eigenvalue weighted by Gasteiger charge is 2.38. The Bertz CT molecular complexity index is 317. The lowest BCUT2D eigenvalue weighted by Gasteiger charge is -2.33. The van der Waals surface area contributed by atoms with Crippen molar-refractivity contribution in [3.8, 4) is 0 Å². The van der Waals surface area contributed by atoms with Crippen LogP contribution in [0.3, 0.4) is 0 Å². The van der Waals surface area contributed by atoms with Crippen molar-refractivity contribution in [1.82, 2.24) is 10.2 Å². The number of rotatable bonds is 5. The zero-order valence-electron chi connectivity index (χ0n) is 12.6. The van der Waals surface area contributed by atoms with Crippen molar-refractivity contribution in [1.29, 1.82) is 0 Å². The Labute approximate surface area is 118 Å². The Balaban J connectivity index is 1.39. The topological polar surface area (TPSA) is 15.3 Å². The van der Waals surface area contributed by atoms with Gasteiger partial charge in [-0.3, -0.25) is 0 Å². The van der Waals surface area contributed by atoms with Crippen LogP contribution in [0.25, 0.3) is 0 Å². The van der Waals surface area contributed by atoms with E-state index in [9.17, 15) is 0 Å². The number of nitrogens with zero attached hydrogens (tertiary/aromatic N) is 1. The van der Waals surface area contributed by atoms with Gasteiger partial charge in [-0.1, -0.05) is 19.1 Å². The van der Waals surface area contributed by atoms with Crippen LogP contribution in [0.5, 0.6) is 0 Å². The molecule has 2 heteroatoms. The van der Waals surface area contributed by atoms with Crippen LogP contribution < -0.4 is 5.32 Å². The average Bonchev–Trinajstić information content (AvgIpc) is 3.08. The van der Waals surface area contributed by atoms with Crippen LogP contribution in [0.4, 0.5) is 0 Å². The lowest BCUT2D eigenvalue weighted by Crippen LogP contribution is -2.42. The Hall–Kier alpha value is -0.340. The molecule has 2 bridgehead atoms. The first-order valence-electron chi connectivity index (χ1n) is 8.40. The van der Waals surface area contributed by atoms with E-state index in [-0.39, 0.29) is 0 Å². The van der Waals surface area contributed by atoms with E-state index in [0.29, 0.717) is 6.04 Å². The molecule has 0 amide bonds. The molecule has 0 spiro atoms. The predicted octanol–water partition coefficient (Wildman–Crippen LogP) is 2.91. The second-order valence-corrected chi connectivity index (χ2v) is 7.02. The number of hydrogen-bond acceptors (Lipinski definition) is 2. The normalized spacial score (nSPS) is 37.1. The zero-order chi connectivity index (χ0) is 13.2. The van der Waals surface area contributed by atoms with E-state index in [2.05, 4.69) is 36.2 Å². The van der Waals surface area contributed by atoms with Gasteiger partial charge in [-0.25, -0.2) is 0 Å². The van der Waals surface area contributed by atoms with Gasteiger partial charge in [-0.15, -0.1) is 0 Å². The van der Waals surface area contributed by atoms with Gasteiger partial charge in [0.1, 0.15) is 0 Å². The third kappa shape index (κ3) is 3.05. The van der Waals surface area contributed by atoms with E-state index in [1.165, 1.54) is 51.9 Å². The lowest BCUT2D eigenvalue weighted by atomic mass is 9.87. The maximum absolute atomic E-state index is 3.86. The number of hydrogen-bond donors (Lipinski definition) is 1. The molecule has 1 aliphatic heterocycles. The van der Waals surface area contributed by atoms with E-state index in [1.807, 2.05) is 0 Å². The van der Waals surface area contributed by atoms with Crippen molar-refractivity contribution in [2.24, 2.45) is 23.7 Å². The highest BCUT2D eigenvalue weighted by molar-refractivity contribution is 5.11. The molecule has 1 N–H and O–H groups in total. The van der Waals surface area contributed by atoms with Crippen LogP contribution in [0.15, 0.2) is 12.2 Å². The molecule has 1 heterocycles. The summed E-state index contributed by atoms with van der Waals surface area (Å²) in [7, 11) is 0. The molecule has 3 aliphatic rings. The number of allylic oxidation sites excluding steroid dienone is 2. The quantitative estimate of drug-likeness (QED) is 0.766. The molecule has 4 atom stereocenters. The molecule has 1 saturated heterocycles. The maximum Gasteiger partial charge on any atom is 0.00729 e. The maximum atomic E-state index is 3.86. The predicted molar refractivity (Wildman–Crippen MR) is 81.1 cm³/mol. The third-order valence-electron chi connectivity index (χ3n) is 5.86. The number of nitrogens with one attached hydrogen (secondary N) is 1. The summed E-state index contributed by atoms with van der Waals surface area (Å²) < 4.78 is 0. The molecule has 0 aromatic rings. The molecule has 0 radical (unpaired) electrons. The number of fused-ring (bicyclic) bond motifs is 2. The van der Waals surface area contributed by atoms with E-state index >= 15 is 0 Å². The van der Waals surface area contributed by atoms with Gasteiger partial charge in [0.15, 0.2) is 0 Å². The molecule has 2 fully saturated rings. The van der Waals surface area contributed by atoms with Crippen LogP contribution in [-0.4, -0.2) is 37.1 Å². The van der Waals surface area contributed by atoms with Gasteiger partial charge >= 0.3 is 0 Å². The molecule has 0 aromatic carbocycles. The standard InChI is InChI=1S/C17H30N2/c1-3-19-8-6-14(7-9-19)12-18-13(2)17-11-15-4-5-16(17)10-15/h4-5,13-18H,3,6-12H2,1-2H3. The van der Waals surface area contributed by atoms with Crippen molar-refractivity contribution in [2.75, 3.05) is 26.2 Å². The first-order chi connectivity index (χ1) is 9.26. The van der Waals surface area contributed by atoms with Gasteiger partial charge in [0, 0.05) is 6.04 Å². The first kappa shape index (κ1) is 13.6. The van der Waals surface area contributed by atoms with Crippen LogP contribution in [0, 0.1) is 23.7 Å². The van der Waals surface area contributed by atoms with Crippen molar-refractivity contribution in [2.45, 2.75) is 45.6 Å². The van der Waals surface area contributed by atoms with Gasteiger partial charge in [-0.05, 0) is 82.5 Å². The third-order valence-corrected chi connectivity index (χ3v) is 5.86. The van der Waals surface area contributed by atoms with Crippen LogP contribution in [-0.2, 0) is 0 Å². The molecular weight excluding hydrogens is 232 g/mol. The van der Waals surface area contributed by atoms with Gasteiger partial charge in [0.2, 0.25) is 0 Å². The fraction of sp³-hybridized carbons (Fsp3) is 0.882. The molecular formula is C17H30N2. The Morgan fingerprint density at radius 2 is 2.00 bits per heavy atom. The van der Waals surface area contributed by atoms with Gasteiger partial charge in [0.05, 0.1) is 0 Å². The molecule has 3 rings (SSSR count).